The minimum atomic E-state index is -0.181. The zero-order chi connectivity index (χ0) is 19.0. The normalized spacial score (nSPS) is 11.0. The lowest BCUT2D eigenvalue weighted by Crippen LogP contribution is -2.20. The summed E-state index contributed by atoms with van der Waals surface area (Å²) >= 11 is 0. The number of carbonyl (C=O) groups is 1. The number of hydrogen-bond acceptors (Lipinski definition) is 5. The van der Waals surface area contributed by atoms with Crippen LogP contribution in [0.1, 0.15) is 12.7 Å². The zero-order valence-electron chi connectivity index (χ0n) is 14.8. The van der Waals surface area contributed by atoms with Crippen LogP contribution in [0.2, 0.25) is 0 Å². The third-order valence-electron chi connectivity index (χ3n) is 4.25. The Balaban J connectivity index is 1.77. The van der Waals surface area contributed by atoms with Crippen LogP contribution in [-0.2, 0) is 18.4 Å². The molecular weight excluding hydrogens is 346 g/mol. The van der Waals surface area contributed by atoms with E-state index in [4.69, 9.17) is 4.74 Å². The molecule has 0 bridgehead atoms. The number of nitrogens with one attached hydrogen (secondary N) is 1. The summed E-state index contributed by atoms with van der Waals surface area (Å²) in [5.41, 5.74) is 1.17. The fourth-order valence-corrected chi connectivity index (χ4v) is 3.01. The molecule has 0 saturated carbocycles. The van der Waals surface area contributed by atoms with Crippen molar-refractivity contribution in [2.45, 2.75) is 13.5 Å². The molecule has 0 aliphatic carbocycles. The Hall–Kier alpha value is -3.68. The number of fused-ring (bicyclic) bond motifs is 3. The molecule has 136 valence electrons. The molecule has 27 heavy (non-hydrogen) atoms. The van der Waals surface area contributed by atoms with Gasteiger partial charge in [0, 0.05) is 14.0 Å². The molecule has 0 atom stereocenters. The molecule has 0 aliphatic rings. The topological polar surface area (TPSA) is 90.5 Å². The van der Waals surface area contributed by atoms with Crippen LogP contribution >= 0.6 is 0 Å². The molecule has 1 N–H and O–H groups in total. The summed E-state index contributed by atoms with van der Waals surface area (Å²) in [6, 6.07) is 14.5. The summed E-state index contributed by atoms with van der Waals surface area (Å²) in [6.07, 6.45) is 0. The maximum absolute atomic E-state index is 12.5. The van der Waals surface area contributed by atoms with Gasteiger partial charge in [-0.3, -0.25) is 18.6 Å². The SMILES string of the molecule is CC(=O)Nc1ccccc1OCc1nnc2n(C)c(=O)c3ccccc3n12. The highest BCUT2D eigenvalue weighted by atomic mass is 16.5. The molecule has 8 nitrogen and oxygen atoms in total. The number of carbonyl (C=O) groups excluding carboxylic acids is 1. The van der Waals surface area contributed by atoms with Gasteiger partial charge in [0.1, 0.15) is 12.4 Å². The lowest BCUT2D eigenvalue weighted by molar-refractivity contribution is -0.114. The summed E-state index contributed by atoms with van der Waals surface area (Å²) in [5.74, 6) is 1.33. The smallest absolute Gasteiger partial charge is 0.262 e. The predicted molar refractivity (Wildman–Crippen MR) is 101 cm³/mol. The predicted octanol–water partition coefficient (Wildman–Crippen LogP) is 2.12. The maximum atomic E-state index is 12.5. The van der Waals surface area contributed by atoms with Gasteiger partial charge < -0.3 is 10.1 Å². The number of ether oxygens (including phenoxy) is 1. The minimum absolute atomic E-state index is 0.125. The Bertz CT molecular complexity index is 1230. The van der Waals surface area contributed by atoms with E-state index in [0.29, 0.717) is 33.9 Å². The molecular formula is C19H17N5O3. The number of nitrogens with zero attached hydrogens (tertiary/aromatic N) is 4. The van der Waals surface area contributed by atoms with Crippen molar-refractivity contribution in [1.29, 1.82) is 0 Å². The number of anilines is 1. The Morgan fingerprint density at radius 2 is 1.85 bits per heavy atom. The summed E-state index contributed by atoms with van der Waals surface area (Å²) < 4.78 is 9.15. The van der Waals surface area contributed by atoms with Gasteiger partial charge in [0.15, 0.2) is 5.82 Å². The van der Waals surface area contributed by atoms with Crippen molar-refractivity contribution in [3.8, 4) is 5.75 Å². The van der Waals surface area contributed by atoms with Gasteiger partial charge in [-0.2, -0.15) is 0 Å². The van der Waals surface area contributed by atoms with Crippen LogP contribution < -0.4 is 15.6 Å². The second kappa shape index (κ2) is 6.56. The Morgan fingerprint density at radius 3 is 2.67 bits per heavy atom. The van der Waals surface area contributed by atoms with Gasteiger partial charge in [0.2, 0.25) is 11.7 Å². The first-order valence-electron chi connectivity index (χ1n) is 8.37. The number of aryl methyl sites for hydroxylation is 1. The molecule has 4 aromatic rings. The van der Waals surface area contributed by atoms with Gasteiger partial charge in [-0.1, -0.05) is 24.3 Å². The van der Waals surface area contributed by atoms with Gasteiger partial charge in [0.25, 0.3) is 5.56 Å². The molecule has 2 aromatic heterocycles. The third-order valence-corrected chi connectivity index (χ3v) is 4.25. The van der Waals surface area contributed by atoms with Crippen molar-refractivity contribution in [3.05, 3.63) is 64.7 Å². The fourth-order valence-electron chi connectivity index (χ4n) is 3.01. The molecule has 2 heterocycles. The monoisotopic (exact) mass is 363 g/mol. The van der Waals surface area contributed by atoms with Gasteiger partial charge in [-0.15, -0.1) is 10.2 Å². The average molecular weight is 363 g/mol. The van der Waals surface area contributed by atoms with Crippen LogP contribution in [0.15, 0.2) is 53.3 Å². The quantitative estimate of drug-likeness (QED) is 0.600. The van der Waals surface area contributed by atoms with Gasteiger partial charge >= 0.3 is 0 Å². The van der Waals surface area contributed by atoms with E-state index >= 15 is 0 Å². The van der Waals surface area contributed by atoms with Crippen LogP contribution in [0.4, 0.5) is 5.69 Å². The van der Waals surface area contributed by atoms with Crippen LogP contribution in [0.3, 0.4) is 0 Å². The van der Waals surface area contributed by atoms with E-state index in [2.05, 4.69) is 15.5 Å². The van der Waals surface area contributed by atoms with Crippen molar-refractivity contribution in [1.82, 2.24) is 19.2 Å². The highest BCUT2D eigenvalue weighted by Gasteiger charge is 2.15. The van der Waals surface area contributed by atoms with E-state index in [1.54, 1.807) is 29.6 Å². The highest BCUT2D eigenvalue weighted by molar-refractivity contribution is 5.90. The van der Waals surface area contributed by atoms with Crippen molar-refractivity contribution in [2.75, 3.05) is 5.32 Å². The zero-order valence-corrected chi connectivity index (χ0v) is 14.8. The molecule has 8 heteroatoms. The number of rotatable bonds is 4. The van der Waals surface area contributed by atoms with E-state index in [0.717, 1.165) is 0 Å². The number of benzene rings is 2. The first-order valence-corrected chi connectivity index (χ1v) is 8.37. The molecule has 0 aliphatic heterocycles. The first kappa shape index (κ1) is 16.8. The third kappa shape index (κ3) is 2.91. The van der Waals surface area contributed by atoms with Crippen molar-refractivity contribution in [2.24, 2.45) is 7.05 Å². The van der Waals surface area contributed by atoms with Crippen molar-refractivity contribution >= 4 is 28.3 Å². The molecule has 0 spiro atoms. The van der Waals surface area contributed by atoms with Crippen LogP contribution in [0, 0.1) is 0 Å². The maximum Gasteiger partial charge on any atom is 0.262 e. The Morgan fingerprint density at radius 1 is 1.11 bits per heavy atom. The standard InChI is InChI=1S/C19H17N5O3/c1-12(25)20-14-8-4-6-10-16(14)27-11-17-21-22-19-23(2)18(26)13-7-3-5-9-15(13)24(17)19/h3-10H,11H2,1-2H3,(H,20,25). The lowest BCUT2D eigenvalue weighted by atomic mass is 10.2. The van der Waals surface area contributed by atoms with E-state index < -0.39 is 0 Å². The Kier molecular flexibility index (Phi) is 4.08. The minimum Gasteiger partial charge on any atom is -0.483 e. The van der Waals surface area contributed by atoms with E-state index in [9.17, 15) is 9.59 Å². The number of aromatic nitrogens is 4. The number of amides is 1. The van der Waals surface area contributed by atoms with E-state index in [-0.39, 0.29) is 18.1 Å². The molecule has 1 amide bonds. The molecule has 0 fully saturated rings. The van der Waals surface area contributed by atoms with Gasteiger partial charge in [-0.25, -0.2) is 0 Å². The largest absolute Gasteiger partial charge is 0.483 e. The molecule has 4 rings (SSSR count). The fraction of sp³-hybridized carbons (Fsp3) is 0.158. The molecule has 0 saturated heterocycles. The summed E-state index contributed by atoms with van der Waals surface area (Å²) in [7, 11) is 1.66. The average Bonchev–Trinajstić information content (AvgIpc) is 3.09. The van der Waals surface area contributed by atoms with E-state index in [1.165, 1.54) is 11.5 Å². The summed E-state index contributed by atoms with van der Waals surface area (Å²) in [5, 5.41) is 11.6. The first-order chi connectivity index (χ1) is 13.1. The van der Waals surface area contributed by atoms with E-state index in [1.807, 2.05) is 30.3 Å². The highest BCUT2D eigenvalue weighted by Crippen LogP contribution is 2.25. The summed E-state index contributed by atoms with van der Waals surface area (Å²) in [6.45, 7) is 1.56. The second-order valence-corrected chi connectivity index (χ2v) is 6.10. The number of para-hydroxylation sites is 3. The second-order valence-electron chi connectivity index (χ2n) is 6.10. The number of hydrogen-bond donors (Lipinski definition) is 1. The van der Waals surface area contributed by atoms with Gasteiger partial charge in [-0.05, 0) is 24.3 Å². The lowest BCUT2D eigenvalue weighted by Gasteiger charge is -2.12. The summed E-state index contributed by atoms with van der Waals surface area (Å²) in [4.78, 5) is 23.9. The molecule has 0 unspecified atom stereocenters. The van der Waals surface area contributed by atoms with Gasteiger partial charge in [0.05, 0.1) is 16.6 Å². The molecule has 2 aromatic carbocycles. The van der Waals surface area contributed by atoms with Crippen molar-refractivity contribution < 1.29 is 9.53 Å². The Labute approximate surface area is 154 Å². The van der Waals surface area contributed by atoms with Crippen LogP contribution in [0.5, 0.6) is 5.75 Å². The van der Waals surface area contributed by atoms with Crippen LogP contribution in [0.25, 0.3) is 16.7 Å². The van der Waals surface area contributed by atoms with Crippen LogP contribution in [-0.4, -0.2) is 25.1 Å². The van der Waals surface area contributed by atoms with Crippen molar-refractivity contribution in [3.63, 3.8) is 0 Å². The molecule has 0 radical (unpaired) electrons.